The summed E-state index contributed by atoms with van der Waals surface area (Å²) < 4.78 is 16.4. The number of ether oxygens (including phenoxy) is 3. The van der Waals surface area contributed by atoms with Crippen LogP contribution in [0.5, 0.6) is 11.5 Å². The molecule has 1 aromatic rings. The van der Waals surface area contributed by atoms with Crippen LogP contribution in [0, 0.1) is 0 Å². The Morgan fingerprint density at radius 3 is 2.70 bits per heavy atom. The van der Waals surface area contributed by atoms with Crippen LogP contribution in [0.3, 0.4) is 0 Å². The number of hydrogen-bond donors (Lipinski definition) is 2. The predicted octanol–water partition coefficient (Wildman–Crippen LogP) is 1.40. The van der Waals surface area contributed by atoms with Gasteiger partial charge < -0.3 is 25.7 Å². The van der Waals surface area contributed by atoms with Gasteiger partial charge in [0.15, 0.2) is 17.6 Å². The minimum absolute atomic E-state index is 0.143. The van der Waals surface area contributed by atoms with E-state index in [-0.39, 0.29) is 12.6 Å². The maximum Gasteiger partial charge on any atom is 0.347 e. The Bertz CT molecular complexity index is 615. The molecule has 0 amide bonds. The molecule has 1 atom stereocenters. The summed E-state index contributed by atoms with van der Waals surface area (Å²) in [7, 11) is 1.49. The molecule has 8 nitrogen and oxygen atoms in total. The van der Waals surface area contributed by atoms with Gasteiger partial charge in [0.1, 0.15) is 0 Å². The lowest BCUT2D eigenvalue weighted by Crippen LogP contribution is -2.26. The Morgan fingerprint density at radius 1 is 1.43 bits per heavy atom. The van der Waals surface area contributed by atoms with Crippen molar-refractivity contribution in [1.29, 1.82) is 0 Å². The fourth-order valence-electron chi connectivity index (χ4n) is 1.58. The fourth-order valence-corrected chi connectivity index (χ4v) is 2.13. The highest BCUT2D eigenvalue weighted by molar-refractivity contribution is 9.10. The van der Waals surface area contributed by atoms with Crippen molar-refractivity contribution >= 4 is 34.1 Å². The van der Waals surface area contributed by atoms with Crippen molar-refractivity contribution in [3.05, 3.63) is 22.2 Å². The standard InChI is InChI=1S/C14H19BrN4O4/c1-4-22-13(20)8(2)23-12-10(15)5-9(6-11(12)21-3)7-18-19-14(16)17/h5-8H,4H2,1-3H3,(H4,16,17,19). The van der Waals surface area contributed by atoms with Crippen LogP contribution in [0.25, 0.3) is 0 Å². The fraction of sp³-hybridized carbons (Fsp3) is 0.357. The quantitative estimate of drug-likeness (QED) is 0.316. The molecule has 4 N–H and O–H groups in total. The summed E-state index contributed by atoms with van der Waals surface area (Å²) in [4.78, 5) is 11.7. The van der Waals surface area contributed by atoms with Gasteiger partial charge in [0.2, 0.25) is 5.96 Å². The highest BCUT2D eigenvalue weighted by atomic mass is 79.9. The molecule has 0 aliphatic carbocycles. The summed E-state index contributed by atoms with van der Waals surface area (Å²) in [5.74, 6) is 0.198. The maximum absolute atomic E-state index is 11.7. The third-order valence-electron chi connectivity index (χ3n) is 2.54. The van der Waals surface area contributed by atoms with Crippen molar-refractivity contribution < 1.29 is 19.0 Å². The topological polar surface area (TPSA) is 122 Å². The van der Waals surface area contributed by atoms with E-state index in [4.69, 9.17) is 25.7 Å². The van der Waals surface area contributed by atoms with Gasteiger partial charge in [-0.15, -0.1) is 5.10 Å². The molecule has 9 heteroatoms. The van der Waals surface area contributed by atoms with Crippen LogP contribution < -0.4 is 20.9 Å². The van der Waals surface area contributed by atoms with Crippen molar-refractivity contribution in [2.45, 2.75) is 20.0 Å². The zero-order valence-corrected chi connectivity index (χ0v) is 14.7. The Balaban J connectivity index is 3.03. The molecular formula is C14H19BrN4O4. The van der Waals surface area contributed by atoms with Gasteiger partial charge in [0, 0.05) is 0 Å². The first kappa shape index (κ1) is 18.8. The molecule has 1 unspecified atom stereocenters. The highest BCUT2D eigenvalue weighted by Crippen LogP contribution is 2.37. The molecule has 126 valence electrons. The van der Waals surface area contributed by atoms with E-state index >= 15 is 0 Å². The second-order valence-corrected chi connectivity index (χ2v) is 5.17. The summed E-state index contributed by atoms with van der Waals surface area (Å²) in [6.45, 7) is 3.61. The van der Waals surface area contributed by atoms with Gasteiger partial charge in [0.05, 0.1) is 24.4 Å². The largest absolute Gasteiger partial charge is 0.493 e. The molecule has 0 heterocycles. The molecule has 1 rings (SSSR count). The van der Waals surface area contributed by atoms with Gasteiger partial charge in [-0.1, -0.05) is 0 Å². The van der Waals surface area contributed by atoms with Crippen LogP contribution in [-0.4, -0.2) is 38.0 Å². The third-order valence-corrected chi connectivity index (χ3v) is 3.13. The number of halogens is 1. The van der Waals surface area contributed by atoms with Crippen LogP contribution >= 0.6 is 15.9 Å². The number of esters is 1. The Morgan fingerprint density at radius 2 is 2.13 bits per heavy atom. The van der Waals surface area contributed by atoms with Gasteiger partial charge in [-0.3, -0.25) is 0 Å². The average molecular weight is 387 g/mol. The van der Waals surface area contributed by atoms with Gasteiger partial charge in [-0.2, -0.15) is 5.10 Å². The molecule has 1 aromatic carbocycles. The number of nitrogens with two attached hydrogens (primary N) is 2. The lowest BCUT2D eigenvalue weighted by atomic mass is 10.2. The van der Waals surface area contributed by atoms with Crippen molar-refractivity contribution in [2.24, 2.45) is 21.7 Å². The van der Waals surface area contributed by atoms with Gasteiger partial charge in [-0.05, 0) is 47.5 Å². The van der Waals surface area contributed by atoms with E-state index in [9.17, 15) is 4.79 Å². The summed E-state index contributed by atoms with van der Waals surface area (Å²) in [6, 6.07) is 3.39. The lowest BCUT2D eigenvalue weighted by Gasteiger charge is -2.17. The second kappa shape index (κ2) is 8.99. The summed E-state index contributed by atoms with van der Waals surface area (Å²) in [5.41, 5.74) is 11.1. The summed E-state index contributed by atoms with van der Waals surface area (Å²) in [6.07, 6.45) is 0.673. The molecular weight excluding hydrogens is 368 g/mol. The van der Waals surface area contributed by atoms with E-state index in [1.165, 1.54) is 13.3 Å². The number of benzene rings is 1. The number of guanidine groups is 1. The molecule has 0 aromatic heterocycles. The van der Waals surface area contributed by atoms with E-state index in [2.05, 4.69) is 26.1 Å². The van der Waals surface area contributed by atoms with E-state index < -0.39 is 12.1 Å². The summed E-state index contributed by atoms with van der Waals surface area (Å²) in [5, 5.41) is 7.24. The maximum atomic E-state index is 11.7. The van der Waals surface area contributed by atoms with Crippen LogP contribution in [-0.2, 0) is 9.53 Å². The van der Waals surface area contributed by atoms with Crippen LogP contribution in [0.4, 0.5) is 0 Å². The Hall–Kier alpha value is -2.29. The van der Waals surface area contributed by atoms with Crippen molar-refractivity contribution in [3.8, 4) is 11.5 Å². The smallest absolute Gasteiger partial charge is 0.347 e. The monoisotopic (exact) mass is 386 g/mol. The molecule has 0 aliphatic rings. The Kier molecular flexibility index (Phi) is 7.33. The van der Waals surface area contributed by atoms with Crippen LogP contribution in [0.15, 0.2) is 26.8 Å². The van der Waals surface area contributed by atoms with Crippen LogP contribution in [0.2, 0.25) is 0 Å². The lowest BCUT2D eigenvalue weighted by molar-refractivity contribution is -0.150. The van der Waals surface area contributed by atoms with Crippen molar-refractivity contribution in [1.82, 2.24) is 0 Å². The van der Waals surface area contributed by atoms with E-state index in [1.54, 1.807) is 26.0 Å². The summed E-state index contributed by atoms with van der Waals surface area (Å²) >= 11 is 3.37. The van der Waals surface area contributed by atoms with Crippen molar-refractivity contribution in [3.63, 3.8) is 0 Å². The molecule has 0 fully saturated rings. The first-order valence-electron chi connectivity index (χ1n) is 6.71. The molecule has 0 radical (unpaired) electrons. The van der Waals surface area contributed by atoms with Gasteiger partial charge in [0.25, 0.3) is 0 Å². The number of rotatable bonds is 7. The minimum atomic E-state index is -0.777. The molecule has 0 saturated heterocycles. The van der Waals surface area contributed by atoms with E-state index in [0.717, 1.165) is 0 Å². The molecule has 0 bridgehead atoms. The van der Waals surface area contributed by atoms with Gasteiger partial charge >= 0.3 is 5.97 Å². The first-order chi connectivity index (χ1) is 10.9. The number of methoxy groups -OCH3 is 1. The third kappa shape index (κ3) is 5.78. The number of carbonyl (C=O) groups is 1. The molecule has 0 saturated carbocycles. The zero-order chi connectivity index (χ0) is 17.4. The number of carbonyl (C=O) groups excluding carboxylic acids is 1. The number of nitrogens with zero attached hydrogens (tertiary/aromatic N) is 2. The second-order valence-electron chi connectivity index (χ2n) is 4.32. The van der Waals surface area contributed by atoms with Gasteiger partial charge in [-0.25, -0.2) is 4.79 Å². The van der Waals surface area contributed by atoms with E-state index in [0.29, 0.717) is 21.5 Å². The minimum Gasteiger partial charge on any atom is -0.493 e. The normalized spacial score (nSPS) is 11.8. The molecule has 0 spiro atoms. The van der Waals surface area contributed by atoms with E-state index in [1.807, 2.05) is 0 Å². The Labute approximate surface area is 142 Å². The molecule has 0 aliphatic heterocycles. The van der Waals surface area contributed by atoms with Crippen LogP contribution in [0.1, 0.15) is 19.4 Å². The SMILES string of the molecule is CCOC(=O)C(C)Oc1c(Br)cc(C=NN=C(N)N)cc1OC. The predicted molar refractivity (Wildman–Crippen MR) is 90.8 cm³/mol. The number of hydrogen-bond acceptors (Lipinski definition) is 6. The zero-order valence-electron chi connectivity index (χ0n) is 13.1. The molecule has 23 heavy (non-hydrogen) atoms. The highest BCUT2D eigenvalue weighted by Gasteiger charge is 2.20. The average Bonchev–Trinajstić information content (AvgIpc) is 2.49. The van der Waals surface area contributed by atoms with Crippen molar-refractivity contribution in [2.75, 3.05) is 13.7 Å². The first-order valence-corrected chi connectivity index (χ1v) is 7.51.